The van der Waals surface area contributed by atoms with Gasteiger partial charge in [-0.3, -0.25) is 0 Å². The van der Waals surface area contributed by atoms with Crippen LogP contribution in [-0.4, -0.2) is 25.7 Å². The lowest BCUT2D eigenvalue weighted by atomic mass is 10.0. The van der Waals surface area contributed by atoms with E-state index in [9.17, 15) is 4.79 Å². The predicted octanol–water partition coefficient (Wildman–Crippen LogP) is -0.949. The Balaban J connectivity index is 2.03. The second-order valence-electron chi connectivity index (χ2n) is 2.69. The van der Waals surface area contributed by atoms with Crippen molar-refractivity contribution in [3.63, 3.8) is 0 Å². The molecule has 1 radical (unpaired) electrons. The summed E-state index contributed by atoms with van der Waals surface area (Å²) in [5.74, 6) is 0.512. The Morgan fingerprint density at radius 2 is 2.30 bits per heavy atom. The molecule has 0 aromatic heterocycles. The minimum Gasteiger partial charge on any atom is -0.338 e. The van der Waals surface area contributed by atoms with Gasteiger partial charge < -0.3 is 16.0 Å². The molecule has 2 fully saturated rings. The third-order valence-electron chi connectivity index (χ3n) is 1.98. The van der Waals surface area contributed by atoms with E-state index in [0.717, 1.165) is 25.7 Å². The van der Waals surface area contributed by atoms with Crippen LogP contribution < -0.4 is 16.0 Å². The molecule has 0 aliphatic carbocycles. The fourth-order valence-electron chi connectivity index (χ4n) is 1.40. The zero-order valence-electron chi connectivity index (χ0n) is 5.61. The largest absolute Gasteiger partial charge is 0.338 e. The van der Waals surface area contributed by atoms with Crippen molar-refractivity contribution in [1.82, 2.24) is 16.0 Å². The number of hydrogen-bond donors (Lipinski definition) is 3. The molecule has 4 heteroatoms. The average molecular weight is 140 g/mol. The number of amides is 2. The van der Waals surface area contributed by atoms with E-state index in [4.69, 9.17) is 0 Å². The summed E-state index contributed by atoms with van der Waals surface area (Å²) in [5, 5.41) is 8.72. The third kappa shape index (κ3) is 0.844. The van der Waals surface area contributed by atoms with E-state index in [1.165, 1.54) is 0 Å². The van der Waals surface area contributed by atoms with Gasteiger partial charge in [-0.15, -0.1) is 0 Å². The predicted molar refractivity (Wildman–Crippen MR) is 36.1 cm³/mol. The van der Waals surface area contributed by atoms with Gasteiger partial charge in [0.1, 0.15) is 0 Å². The summed E-state index contributed by atoms with van der Waals surface area (Å²) in [5.41, 5.74) is 0. The number of nitrogens with one attached hydrogen (secondary N) is 3. The lowest BCUT2D eigenvalue weighted by Gasteiger charge is -2.24. The molecule has 4 nitrogen and oxygen atoms in total. The number of fused-ring (bicyclic) bond motifs is 1. The molecule has 2 aliphatic heterocycles. The van der Waals surface area contributed by atoms with Crippen LogP contribution in [0.15, 0.2) is 0 Å². The van der Waals surface area contributed by atoms with E-state index in [2.05, 4.69) is 16.0 Å². The van der Waals surface area contributed by atoms with Gasteiger partial charge in [0.2, 0.25) is 0 Å². The number of urea groups is 1. The first-order chi connectivity index (χ1) is 4.86. The summed E-state index contributed by atoms with van der Waals surface area (Å²) < 4.78 is 0. The van der Waals surface area contributed by atoms with Crippen molar-refractivity contribution < 1.29 is 4.79 Å². The number of rotatable bonds is 0. The Bertz CT molecular complexity index is 159. The van der Waals surface area contributed by atoms with E-state index >= 15 is 0 Å². The number of carbonyl (C=O) groups is 1. The topological polar surface area (TPSA) is 53.2 Å². The monoisotopic (exact) mass is 140 g/mol. The van der Waals surface area contributed by atoms with Crippen LogP contribution in [0.2, 0.25) is 0 Å². The van der Waals surface area contributed by atoms with Crippen molar-refractivity contribution in [3.8, 4) is 0 Å². The molecular weight excluding hydrogens is 130 g/mol. The van der Waals surface area contributed by atoms with Crippen LogP contribution >= 0.6 is 0 Å². The molecule has 55 valence electrons. The molecule has 0 spiro atoms. The molecule has 2 heterocycles. The minimum absolute atomic E-state index is 0.0602. The van der Waals surface area contributed by atoms with Gasteiger partial charge in [0.05, 0.1) is 6.04 Å². The molecule has 0 bridgehead atoms. The summed E-state index contributed by atoms with van der Waals surface area (Å²) in [7, 11) is 0. The Morgan fingerprint density at radius 3 is 3.20 bits per heavy atom. The van der Waals surface area contributed by atoms with Gasteiger partial charge in [0.25, 0.3) is 0 Å². The molecule has 1 unspecified atom stereocenters. The zero-order valence-corrected chi connectivity index (χ0v) is 5.61. The molecule has 0 aromatic carbocycles. The lowest BCUT2D eigenvalue weighted by molar-refractivity contribution is 0.232. The van der Waals surface area contributed by atoms with Gasteiger partial charge in [0.15, 0.2) is 0 Å². The van der Waals surface area contributed by atoms with Crippen LogP contribution in [0.4, 0.5) is 4.79 Å². The second kappa shape index (κ2) is 2.12. The second-order valence-corrected chi connectivity index (χ2v) is 2.69. The SMILES string of the molecule is O=C1NCC2CNC[C]2N1. The molecule has 3 N–H and O–H groups in total. The van der Waals surface area contributed by atoms with Crippen LogP contribution in [0.5, 0.6) is 0 Å². The molecule has 2 aliphatic rings. The van der Waals surface area contributed by atoms with E-state index in [1.54, 1.807) is 0 Å². The average Bonchev–Trinajstić information content (AvgIpc) is 2.33. The summed E-state index contributed by atoms with van der Waals surface area (Å²) in [4.78, 5) is 10.7. The molecule has 0 saturated carbocycles. The number of hydrogen-bond acceptors (Lipinski definition) is 2. The zero-order chi connectivity index (χ0) is 6.97. The van der Waals surface area contributed by atoms with Crippen molar-refractivity contribution in [2.45, 2.75) is 0 Å². The van der Waals surface area contributed by atoms with Gasteiger partial charge in [-0.25, -0.2) is 4.79 Å². The van der Waals surface area contributed by atoms with E-state index < -0.39 is 0 Å². The van der Waals surface area contributed by atoms with Crippen LogP contribution in [0.3, 0.4) is 0 Å². The normalized spacial score (nSPS) is 32.8. The summed E-state index contributed by atoms with van der Waals surface area (Å²) in [6, 6.07) is 1.08. The van der Waals surface area contributed by atoms with Gasteiger partial charge in [-0.1, -0.05) is 0 Å². The third-order valence-corrected chi connectivity index (χ3v) is 1.98. The molecule has 2 saturated heterocycles. The summed E-state index contributed by atoms with van der Waals surface area (Å²) in [6.45, 7) is 2.62. The Morgan fingerprint density at radius 1 is 1.40 bits per heavy atom. The van der Waals surface area contributed by atoms with E-state index in [0.29, 0.717) is 5.92 Å². The highest BCUT2D eigenvalue weighted by molar-refractivity contribution is 5.76. The van der Waals surface area contributed by atoms with Crippen LogP contribution in [0.1, 0.15) is 0 Å². The van der Waals surface area contributed by atoms with Crippen LogP contribution in [-0.2, 0) is 0 Å². The van der Waals surface area contributed by atoms with Crippen molar-refractivity contribution in [3.05, 3.63) is 6.04 Å². The Labute approximate surface area is 59.4 Å². The molecule has 2 rings (SSSR count). The Hall–Kier alpha value is -0.770. The first-order valence-electron chi connectivity index (χ1n) is 3.47. The van der Waals surface area contributed by atoms with Crippen molar-refractivity contribution in [1.29, 1.82) is 0 Å². The number of carbonyl (C=O) groups excluding carboxylic acids is 1. The van der Waals surface area contributed by atoms with Crippen molar-refractivity contribution in [2.24, 2.45) is 5.92 Å². The van der Waals surface area contributed by atoms with Gasteiger partial charge >= 0.3 is 6.03 Å². The van der Waals surface area contributed by atoms with E-state index in [-0.39, 0.29) is 6.03 Å². The fourth-order valence-corrected chi connectivity index (χ4v) is 1.40. The highest BCUT2D eigenvalue weighted by atomic mass is 16.2. The fraction of sp³-hybridized carbons (Fsp3) is 0.667. The highest BCUT2D eigenvalue weighted by Gasteiger charge is 2.32. The first kappa shape index (κ1) is 5.97. The maximum Gasteiger partial charge on any atom is 0.315 e. The maximum atomic E-state index is 10.7. The smallest absolute Gasteiger partial charge is 0.315 e. The van der Waals surface area contributed by atoms with E-state index in [1.807, 2.05) is 0 Å². The lowest BCUT2D eigenvalue weighted by Crippen LogP contribution is -2.49. The summed E-state index contributed by atoms with van der Waals surface area (Å²) in [6.07, 6.45) is 0. The molecule has 2 amide bonds. The van der Waals surface area contributed by atoms with Gasteiger partial charge in [-0.2, -0.15) is 0 Å². The van der Waals surface area contributed by atoms with Gasteiger partial charge in [0, 0.05) is 25.6 Å². The Kier molecular flexibility index (Phi) is 1.27. The molecule has 1 atom stereocenters. The van der Waals surface area contributed by atoms with Crippen LogP contribution in [0.25, 0.3) is 0 Å². The molecule has 10 heavy (non-hydrogen) atoms. The standard InChI is InChI=1S/C6H10N3O/c10-6-8-2-4-1-7-3-5(4)9-6/h4,7H,1-3H2,(H2,8,9,10). The quantitative estimate of drug-likeness (QED) is 0.406. The molecular formula is C6H10N3O. The first-order valence-corrected chi connectivity index (χ1v) is 3.47. The van der Waals surface area contributed by atoms with Crippen molar-refractivity contribution in [2.75, 3.05) is 19.6 Å². The van der Waals surface area contributed by atoms with Crippen molar-refractivity contribution >= 4 is 6.03 Å². The van der Waals surface area contributed by atoms with Gasteiger partial charge in [-0.05, 0) is 0 Å². The minimum atomic E-state index is -0.0602. The summed E-state index contributed by atoms with van der Waals surface area (Å²) >= 11 is 0. The molecule has 0 aromatic rings. The maximum absolute atomic E-state index is 10.7. The highest BCUT2D eigenvalue weighted by Crippen LogP contribution is 2.17. The van der Waals surface area contributed by atoms with Crippen LogP contribution in [0, 0.1) is 12.0 Å².